The largest absolute Gasteiger partial charge is 0.373 e. The summed E-state index contributed by atoms with van der Waals surface area (Å²) in [6.07, 6.45) is 0.140. The molecule has 0 radical (unpaired) electrons. The zero-order valence-corrected chi connectivity index (χ0v) is 12.3. The molecule has 1 N–H and O–H groups in total. The number of rotatable bonds is 3. The summed E-state index contributed by atoms with van der Waals surface area (Å²) in [5, 5.41) is 3.01. The van der Waals surface area contributed by atoms with Gasteiger partial charge in [0.15, 0.2) is 0 Å². The van der Waals surface area contributed by atoms with E-state index in [4.69, 9.17) is 0 Å². The quantitative estimate of drug-likeness (QED) is 0.867. The number of anilines is 1. The lowest BCUT2D eigenvalue weighted by Gasteiger charge is -2.16. The van der Waals surface area contributed by atoms with Gasteiger partial charge >= 0.3 is 0 Å². The van der Waals surface area contributed by atoms with E-state index in [0.29, 0.717) is 22.3 Å². The van der Waals surface area contributed by atoms with Crippen LogP contribution in [-0.4, -0.2) is 29.3 Å². The third kappa shape index (κ3) is 2.63. The van der Waals surface area contributed by atoms with Gasteiger partial charge in [0, 0.05) is 12.2 Å². The summed E-state index contributed by atoms with van der Waals surface area (Å²) < 4.78 is 13.6. The van der Waals surface area contributed by atoms with E-state index >= 15 is 0 Å². The van der Waals surface area contributed by atoms with Crippen LogP contribution < -0.4 is 5.32 Å². The molecule has 19 heavy (non-hydrogen) atoms. The molecule has 4 nitrogen and oxygen atoms in total. The number of hydrogen-bond donors (Lipinski definition) is 1. The van der Waals surface area contributed by atoms with Crippen molar-refractivity contribution in [1.29, 1.82) is 0 Å². The Bertz CT molecular complexity index is 548. The van der Waals surface area contributed by atoms with Gasteiger partial charge in [0.05, 0.1) is 10.9 Å². The fraction of sp³-hybridized carbons (Fsp3) is 0.385. The van der Waals surface area contributed by atoms with Crippen LogP contribution in [0, 0.1) is 12.7 Å². The first kappa shape index (κ1) is 14.0. The molecule has 0 saturated carbocycles. The van der Waals surface area contributed by atoms with Gasteiger partial charge in [-0.2, -0.15) is 0 Å². The minimum absolute atomic E-state index is 0.140. The number of benzene rings is 1. The highest BCUT2D eigenvalue weighted by Gasteiger charge is 2.37. The normalized spacial score (nSPS) is 19.2. The Morgan fingerprint density at radius 2 is 2.16 bits per heavy atom. The standard InChI is InChI=1S/C13H14BrFN2O2/c1-3-17-12(18)6-11(13(17)19)16-10-5-8(14)9(15)4-7(10)2/h4-5,11,16H,3,6H2,1-2H3. The number of nitrogens with one attached hydrogen (secondary N) is 1. The maximum Gasteiger partial charge on any atom is 0.252 e. The van der Waals surface area contributed by atoms with Gasteiger partial charge in [0.1, 0.15) is 11.9 Å². The molecule has 1 atom stereocenters. The van der Waals surface area contributed by atoms with Gasteiger partial charge in [0.2, 0.25) is 5.91 Å². The van der Waals surface area contributed by atoms with Crippen molar-refractivity contribution in [3.63, 3.8) is 0 Å². The number of carbonyl (C=O) groups excluding carboxylic acids is 2. The molecule has 2 amide bonds. The van der Waals surface area contributed by atoms with Crippen molar-refractivity contribution >= 4 is 33.4 Å². The van der Waals surface area contributed by atoms with Gasteiger partial charge in [-0.1, -0.05) is 0 Å². The van der Waals surface area contributed by atoms with Gasteiger partial charge in [-0.05, 0) is 47.5 Å². The van der Waals surface area contributed by atoms with Crippen LogP contribution in [0.3, 0.4) is 0 Å². The Labute approximate surface area is 119 Å². The van der Waals surface area contributed by atoms with E-state index in [1.54, 1.807) is 19.9 Å². The van der Waals surface area contributed by atoms with Crippen molar-refractivity contribution in [3.05, 3.63) is 28.0 Å². The summed E-state index contributed by atoms with van der Waals surface area (Å²) >= 11 is 3.10. The minimum Gasteiger partial charge on any atom is -0.373 e. The lowest BCUT2D eigenvalue weighted by Crippen LogP contribution is -2.34. The molecule has 1 aliphatic rings. The summed E-state index contributed by atoms with van der Waals surface area (Å²) in [5.41, 5.74) is 1.34. The summed E-state index contributed by atoms with van der Waals surface area (Å²) in [6, 6.07) is 2.39. The lowest BCUT2D eigenvalue weighted by molar-refractivity contribution is -0.138. The monoisotopic (exact) mass is 328 g/mol. The molecule has 0 spiro atoms. The van der Waals surface area contributed by atoms with Gasteiger partial charge in [0.25, 0.3) is 5.91 Å². The summed E-state index contributed by atoms with van der Waals surface area (Å²) in [5.74, 6) is -0.761. The van der Waals surface area contributed by atoms with Crippen LogP contribution in [0.25, 0.3) is 0 Å². The molecule has 1 unspecified atom stereocenters. The Kier molecular flexibility index (Phi) is 3.89. The Morgan fingerprint density at radius 3 is 2.74 bits per heavy atom. The zero-order valence-electron chi connectivity index (χ0n) is 10.7. The van der Waals surface area contributed by atoms with Crippen molar-refractivity contribution in [2.75, 3.05) is 11.9 Å². The third-order valence-electron chi connectivity index (χ3n) is 3.16. The zero-order chi connectivity index (χ0) is 14.2. The number of carbonyl (C=O) groups is 2. The molecule has 1 aromatic carbocycles. The molecule has 0 aromatic heterocycles. The first-order valence-electron chi connectivity index (χ1n) is 6.00. The maximum atomic E-state index is 13.3. The summed E-state index contributed by atoms with van der Waals surface area (Å²) in [6.45, 7) is 3.89. The molecular weight excluding hydrogens is 315 g/mol. The van der Waals surface area contributed by atoms with E-state index in [0.717, 1.165) is 0 Å². The third-order valence-corrected chi connectivity index (χ3v) is 3.76. The number of likely N-dealkylation sites (tertiary alicyclic amines) is 1. The van der Waals surface area contributed by atoms with E-state index in [-0.39, 0.29) is 24.1 Å². The number of hydrogen-bond acceptors (Lipinski definition) is 3. The fourth-order valence-electron chi connectivity index (χ4n) is 2.12. The van der Waals surface area contributed by atoms with Crippen LogP contribution in [0.2, 0.25) is 0 Å². The molecule has 0 aliphatic carbocycles. The highest BCUT2D eigenvalue weighted by molar-refractivity contribution is 9.10. The fourth-order valence-corrected chi connectivity index (χ4v) is 2.46. The van der Waals surface area contributed by atoms with Crippen LogP contribution >= 0.6 is 15.9 Å². The average Bonchev–Trinajstić information content (AvgIpc) is 2.61. The van der Waals surface area contributed by atoms with Crippen molar-refractivity contribution in [1.82, 2.24) is 4.90 Å². The number of imide groups is 1. The summed E-state index contributed by atoms with van der Waals surface area (Å²) in [4.78, 5) is 24.8. The molecule has 0 bridgehead atoms. The van der Waals surface area contributed by atoms with E-state index in [1.165, 1.54) is 11.0 Å². The van der Waals surface area contributed by atoms with Crippen LogP contribution in [0.1, 0.15) is 18.9 Å². The maximum absolute atomic E-state index is 13.3. The second kappa shape index (κ2) is 5.28. The van der Waals surface area contributed by atoms with E-state index in [9.17, 15) is 14.0 Å². The predicted octanol–water partition coefficient (Wildman–Crippen LogP) is 2.46. The number of nitrogens with zero attached hydrogens (tertiary/aromatic N) is 1. The predicted molar refractivity (Wildman–Crippen MR) is 73.3 cm³/mol. The topological polar surface area (TPSA) is 49.4 Å². The average molecular weight is 329 g/mol. The van der Waals surface area contributed by atoms with Crippen molar-refractivity contribution in [3.8, 4) is 0 Å². The second-order valence-corrected chi connectivity index (χ2v) is 5.31. The van der Waals surface area contributed by atoms with Crippen molar-refractivity contribution < 1.29 is 14.0 Å². The molecular formula is C13H14BrFN2O2. The first-order chi connectivity index (χ1) is 8.93. The van der Waals surface area contributed by atoms with Crippen LogP contribution in [0.4, 0.5) is 10.1 Å². The highest BCUT2D eigenvalue weighted by Crippen LogP contribution is 2.26. The number of aryl methyl sites for hydroxylation is 1. The van der Waals surface area contributed by atoms with Crippen LogP contribution in [-0.2, 0) is 9.59 Å². The van der Waals surface area contributed by atoms with Crippen LogP contribution in [0.15, 0.2) is 16.6 Å². The van der Waals surface area contributed by atoms with Gasteiger partial charge in [-0.3, -0.25) is 14.5 Å². The van der Waals surface area contributed by atoms with Gasteiger partial charge in [-0.25, -0.2) is 4.39 Å². The Balaban J connectivity index is 2.21. The Hall–Kier alpha value is -1.43. The summed E-state index contributed by atoms with van der Waals surface area (Å²) in [7, 11) is 0. The lowest BCUT2D eigenvalue weighted by atomic mass is 10.1. The SMILES string of the molecule is CCN1C(=O)CC(Nc2cc(Br)c(F)cc2C)C1=O. The minimum atomic E-state index is -0.566. The Morgan fingerprint density at radius 1 is 1.47 bits per heavy atom. The van der Waals surface area contributed by atoms with Gasteiger partial charge in [-0.15, -0.1) is 0 Å². The second-order valence-electron chi connectivity index (χ2n) is 4.46. The molecule has 1 fully saturated rings. The van der Waals surface area contributed by atoms with E-state index in [2.05, 4.69) is 21.2 Å². The van der Waals surface area contributed by atoms with Crippen LogP contribution in [0.5, 0.6) is 0 Å². The van der Waals surface area contributed by atoms with Crippen molar-refractivity contribution in [2.24, 2.45) is 0 Å². The van der Waals surface area contributed by atoms with E-state index < -0.39 is 6.04 Å². The molecule has 2 rings (SSSR count). The first-order valence-corrected chi connectivity index (χ1v) is 6.79. The van der Waals surface area contributed by atoms with Crippen molar-refractivity contribution in [2.45, 2.75) is 26.3 Å². The molecule has 1 saturated heterocycles. The molecule has 1 heterocycles. The number of likely N-dealkylation sites (N-methyl/N-ethyl adjacent to an activating group) is 1. The number of halogens is 2. The smallest absolute Gasteiger partial charge is 0.252 e. The number of amides is 2. The van der Waals surface area contributed by atoms with Gasteiger partial charge < -0.3 is 5.32 Å². The molecule has 102 valence electrons. The molecule has 1 aromatic rings. The molecule has 1 aliphatic heterocycles. The van der Waals surface area contributed by atoms with E-state index in [1.807, 2.05) is 0 Å². The highest BCUT2D eigenvalue weighted by atomic mass is 79.9. The molecule has 6 heteroatoms.